The Balaban J connectivity index is 2.13. The highest BCUT2D eigenvalue weighted by Crippen LogP contribution is 2.36. The minimum absolute atomic E-state index is 0.730. The third kappa shape index (κ3) is 3.56. The van der Waals surface area contributed by atoms with Gasteiger partial charge in [0.15, 0.2) is 11.5 Å². The zero-order valence-corrected chi connectivity index (χ0v) is 15.9. The number of nitrogens with two attached hydrogens (primary N) is 1. The summed E-state index contributed by atoms with van der Waals surface area (Å²) in [5, 5.41) is 1.31. The molecule has 0 saturated carbocycles. The summed E-state index contributed by atoms with van der Waals surface area (Å²) in [5.74, 6) is 1.48. The molecule has 4 heteroatoms. The molecule has 2 aromatic carbocycles. The maximum Gasteiger partial charge on any atom is 0.161 e. The van der Waals surface area contributed by atoms with Gasteiger partial charge in [0, 0.05) is 22.2 Å². The van der Waals surface area contributed by atoms with Crippen molar-refractivity contribution in [3.05, 3.63) is 47.5 Å². The van der Waals surface area contributed by atoms with Crippen LogP contribution in [0.15, 0.2) is 36.4 Å². The van der Waals surface area contributed by atoms with E-state index in [1.807, 2.05) is 12.1 Å². The van der Waals surface area contributed by atoms with Crippen LogP contribution < -0.4 is 15.2 Å². The highest BCUT2D eigenvalue weighted by atomic mass is 16.5. The number of nitrogens with one attached hydrogen (secondary N) is 1. The van der Waals surface area contributed by atoms with E-state index in [0.29, 0.717) is 0 Å². The summed E-state index contributed by atoms with van der Waals surface area (Å²) >= 11 is 0. The number of aryl methyl sites for hydroxylation is 2. The number of hydrogen-bond donors (Lipinski definition) is 2. The molecule has 1 heterocycles. The number of fused-ring (bicyclic) bond motifs is 1. The number of aromatic nitrogens is 1. The maximum atomic E-state index is 5.71. The molecule has 0 radical (unpaired) electrons. The third-order valence-corrected chi connectivity index (χ3v) is 4.93. The fraction of sp³-hybridized carbons (Fsp3) is 0.364. The van der Waals surface area contributed by atoms with Crippen LogP contribution in [0.3, 0.4) is 0 Å². The van der Waals surface area contributed by atoms with Crippen LogP contribution in [0.4, 0.5) is 0 Å². The summed E-state index contributed by atoms with van der Waals surface area (Å²) in [6.07, 6.45) is 4.16. The van der Waals surface area contributed by atoms with E-state index in [1.54, 1.807) is 14.2 Å². The largest absolute Gasteiger partial charge is 0.493 e. The first kappa shape index (κ1) is 18.3. The SMILES string of the molecule is CCc1ccc2[nH]c(-c3ccc(OC)c(OC)c3)c(CCCCN)c2c1. The first-order valence-corrected chi connectivity index (χ1v) is 9.27. The number of rotatable bonds is 8. The van der Waals surface area contributed by atoms with Gasteiger partial charge in [0.1, 0.15) is 0 Å². The minimum Gasteiger partial charge on any atom is -0.493 e. The molecule has 0 spiro atoms. The summed E-state index contributed by atoms with van der Waals surface area (Å²) < 4.78 is 10.9. The number of H-pyrrole nitrogens is 1. The topological polar surface area (TPSA) is 60.3 Å². The number of methoxy groups -OCH3 is 2. The molecule has 3 N–H and O–H groups in total. The average Bonchev–Trinajstić information content (AvgIpc) is 3.05. The molecule has 0 bridgehead atoms. The lowest BCUT2D eigenvalue weighted by Gasteiger charge is -2.10. The molecular formula is C22H28N2O2. The van der Waals surface area contributed by atoms with Gasteiger partial charge in [-0.15, -0.1) is 0 Å². The lowest BCUT2D eigenvalue weighted by atomic mass is 9.98. The lowest BCUT2D eigenvalue weighted by molar-refractivity contribution is 0.355. The standard InChI is InChI=1S/C22H28N2O2/c1-4-15-8-10-19-18(13-15)17(7-5-6-12-23)22(24-19)16-9-11-20(25-2)21(14-16)26-3/h8-11,13-14,24H,4-7,12,23H2,1-3H3. The van der Waals surface area contributed by atoms with Crippen molar-refractivity contribution in [2.24, 2.45) is 5.73 Å². The molecule has 0 aliphatic rings. The monoisotopic (exact) mass is 352 g/mol. The van der Waals surface area contributed by atoms with Crippen molar-refractivity contribution in [3.8, 4) is 22.8 Å². The van der Waals surface area contributed by atoms with Crippen molar-refractivity contribution in [1.29, 1.82) is 0 Å². The Morgan fingerprint density at radius 1 is 0.962 bits per heavy atom. The van der Waals surface area contributed by atoms with Gasteiger partial charge >= 0.3 is 0 Å². The van der Waals surface area contributed by atoms with Crippen molar-refractivity contribution in [1.82, 2.24) is 4.98 Å². The van der Waals surface area contributed by atoms with E-state index in [-0.39, 0.29) is 0 Å². The van der Waals surface area contributed by atoms with Crippen LogP contribution in [0.1, 0.15) is 30.9 Å². The van der Waals surface area contributed by atoms with E-state index in [0.717, 1.165) is 55.0 Å². The van der Waals surface area contributed by atoms with E-state index in [4.69, 9.17) is 15.2 Å². The van der Waals surface area contributed by atoms with Gasteiger partial charge < -0.3 is 20.2 Å². The fourth-order valence-electron chi connectivity index (χ4n) is 3.46. The molecule has 0 atom stereocenters. The van der Waals surface area contributed by atoms with Crippen LogP contribution in [0, 0.1) is 0 Å². The third-order valence-electron chi connectivity index (χ3n) is 4.93. The van der Waals surface area contributed by atoms with Crippen molar-refractivity contribution in [3.63, 3.8) is 0 Å². The number of unbranched alkanes of at least 4 members (excludes halogenated alkanes) is 1. The van der Waals surface area contributed by atoms with E-state index in [9.17, 15) is 0 Å². The van der Waals surface area contributed by atoms with E-state index >= 15 is 0 Å². The normalized spacial score (nSPS) is 11.1. The second kappa shape index (κ2) is 8.28. The van der Waals surface area contributed by atoms with Gasteiger partial charge in [0.25, 0.3) is 0 Å². The number of aromatic amines is 1. The van der Waals surface area contributed by atoms with Gasteiger partial charge in [-0.25, -0.2) is 0 Å². The smallest absolute Gasteiger partial charge is 0.161 e. The molecule has 0 saturated heterocycles. The highest BCUT2D eigenvalue weighted by molar-refractivity contribution is 5.91. The summed E-state index contributed by atoms with van der Waals surface area (Å²) in [5.41, 5.74) is 11.9. The Hall–Kier alpha value is -2.46. The Labute approximate surface area is 155 Å². The summed E-state index contributed by atoms with van der Waals surface area (Å²) in [6, 6.07) is 12.8. The molecule has 3 aromatic rings. The average molecular weight is 352 g/mol. The first-order valence-electron chi connectivity index (χ1n) is 9.27. The van der Waals surface area contributed by atoms with Gasteiger partial charge in [-0.2, -0.15) is 0 Å². The fourth-order valence-corrected chi connectivity index (χ4v) is 3.46. The van der Waals surface area contributed by atoms with Crippen LogP contribution >= 0.6 is 0 Å². The molecule has 138 valence electrons. The predicted molar refractivity (Wildman–Crippen MR) is 108 cm³/mol. The van der Waals surface area contributed by atoms with Crippen molar-refractivity contribution in [2.45, 2.75) is 32.6 Å². The van der Waals surface area contributed by atoms with Crippen molar-refractivity contribution < 1.29 is 9.47 Å². The molecule has 3 rings (SSSR count). The molecule has 0 unspecified atom stereocenters. The van der Waals surface area contributed by atoms with Crippen molar-refractivity contribution in [2.75, 3.05) is 20.8 Å². The van der Waals surface area contributed by atoms with Crippen LogP contribution in [0.2, 0.25) is 0 Å². The number of ether oxygens (including phenoxy) is 2. The summed E-state index contributed by atoms with van der Waals surface area (Å²) in [6.45, 7) is 2.92. The van der Waals surface area contributed by atoms with Gasteiger partial charge in [-0.3, -0.25) is 0 Å². The molecule has 0 amide bonds. The zero-order chi connectivity index (χ0) is 18.5. The van der Waals surface area contributed by atoms with E-state index < -0.39 is 0 Å². The van der Waals surface area contributed by atoms with Gasteiger partial charge in [0.05, 0.1) is 14.2 Å². The van der Waals surface area contributed by atoms with E-state index in [2.05, 4.69) is 36.2 Å². The molecule has 4 nitrogen and oxygen atoms in total. The maximum absolute atomic E-state index is 5.71. The molecule has 1 aromatic heterocycles. The van der Waals surface area contributed by atoms with Crippen LogP contribution in [0.25, 0.3) is 22.2 Å². The Bertz CT molecular complexity index is 883. The van der Waals surface area contributed by atoms with Gasteiger partial charge in [0.2, 0.25) is 0 Å². The summed E-state index contributed by atoms with van der Waals surface area (Å²) in [4.78, 5) is 3.62. The Kier molecular flexibility index (Phi) is 5.84. The van der Waals surface area contributed by atoms with Crippen molar-refractivity contribution >= 4 is 10.9 Å². The van der Waals surface area contributed by atoms with E-state index in [1.165, 1.54) is 22.0 Å². The lowest BCUT2D eigenvalue weighted by Crippen LogP contribution is -1.99. The first-order chi connectivity index (χ1) is 12.7. The Morgan fingerprint density at radius 3 is 2.46 bits per heavy atom. The number of benzene rings is 2. The quantitative estimate of drug-likeness (QED) is 0.578. The molecule has 0 aliphatic heterocycles. The van der Waals surface area contributed by atoms with Crippen LogP contribution in [-0.2, 0) is 12.8 Å². The van der Waals surface area contributed by atoms with Crippen LogP contribution in [0.5, 0.6) is 11.5 Å². The highest BCUT2D eigenvalue weighted by Gasteiger charge is 2.15. The molecular weight excluding hydrogens is 324 g/mol. The predicted octanol–water partition coefficient (Wildman–Crippen LogP) is 4.70. The van der Waals surface area contributed by atoms with Gasteiger partial charge in [-0.05, 0) is 73.7 Å². The molecule has 26 heavy (non-hydrogen) atoms. The molecule has 0 aliphatic carbocycles. The second-order valence-electron chi connectivity index (χ2n) is 6.53. The zero-order valence-electron chi connectivity index (χ0n) is 15.9. The summed E-state index contributed by atoms with van der Waals surface area (Å²) in [7, 11) is 3.33. The Morgan fingerprint density at radius 2 is 1.77 bits per heavy atom. The van der Waals surface area contributed by atoms with Crippen LogP contribution in [-0.4, -0.2) is 25.7 Å². The van der Waals surface area contributed by atoms with Gasteiger partial charge in [-0.1, -0.05) is 13.0 Å². The molecule has 0 fully saturated rings. The number of hydrogen-bond acceptors (Lipinski definition) is 3. The second-order valence-corrected chi connectivity index (χ2v) is 6.53. The minimum atomic E-state index is 0.730.